The standard InChI is InChI=1S/C34H65N2O/c1-4-6-8-10-12-14-16-17-18-19-20-21-23-25-27-29-33-35-31-32-36(33,3)34(37)30-28-26-24-22-15-13-11-9-7-5-2/h31-32H,4-30H2,1-3H3/q+1. The molecule has 0 aromatic heterocycles. The molecule has 1 aliphatic heterocycles. The van der Waals surface area contributed by atoms with E-state index in [1.165, 1.54) is 148 Å². The van der Waals surface area contributed by atoms with Crippen molar-refractivity contribution in [2.75, 3.05) is 7.05 Å². The number of hydrogen-bond acceptors (Lipinski definition) is 2. The summed E-state index contributed by atoms with van der Waals surface area (Å²) in [7, 11) is 2.05. The van der Waals surface area contributed by atoms with Crippen LogP contribution in [-0.4, -0.2) is 23.3 Å². The van der Waals surface area contributed by atoms with Crippen LogP contribution in [0.15, 0.2) is 17.4 Å². The van der Waals surface area contributed by atoms with Gasteiger partial charge in [-0.3, -0.25) is 0 Å². The SMILES string of the molecule is CCCCCCCCCCCCCCCCCC1=NC=C[N+]1(C)C(=O)CCCCCCCCCCCC. The fraction of sp³-hybridized carbons (Fsp3) is 0.882. The van der Waals surface area contributed by atoms with Gasteiger partial charge in [0.25, 0.3) is 0 Å². The van der Waals surface area contributed by atoms with Crippen LogP contribution >= 0.6 is 0 Å². The molecule has 3 nitrogen and oxygen atoms in total. The quantitative estimate of drug-likeness (QED) is 0.0786. The molecule has 0 fully saturated rings. The van der Waals surface area contributed by atoms with Gasteiger partial charge in [0.1, 0.15) is 6.20 Å². The third-order valence-corrected chi connectivity index (χ3v) is 8.39. The van der Waals surface area contributed by atoms with Crippen LogP contribution in [0.3, 0.4) is 0 Å². The minimum absolute atomic E-state index is 0.327. The number of amides is 1. The molecule has 1 atom stereocenters. The number of carbonyl (C=O) groups excluding carboxylic acids is 1. The molecule has 1 amide bonds. The summed E-state index contributed by atoms with van der Waals surface area (Å²) in [5.41, 5.74) is 0. The predicted octanol–water partition coefficient (Wildman–Crippen LogP) is 11.4. The van der Waals surface area contributed by atoms with Crippen molar-refractivity contribution >= 4 is 11.7 Å². The zero-order valence-electron chi connectivity index (χ0n) is 25.5. The van der Waals surface area contributed by atoms with Gasteiger partial charge >= 0.3 is 5.91 Å². The highest BCUT2D eigenvalue weighted by molar-refractivity contribution is 5.90. The van der Waals surface area contributed by atoms with Crippen LogP contribution in [0.25, 0.3) is 0 Å². The summed E-state index contributed by atoms with van der Waals surface area (Å²) in [5, 5.41) is 0. The molecule has 1 unspecified atom stereocenters. The molecule has 1 heterocycles. The van der Waals surface area contributed by atoms with E-state index < -0.39 is 0 Å². The Labute approximate surface area is 232 Å². The average Bonchev–Trinajstić information content (AvgIpc) is 3.28. The Hall–Kier alpha value is -0.960. The Kier molecular flexibility index (Phi) is 22.2. The maximum absolute atomic E-state index is 13.0. The molecule has 3 heteroatoms. The summed E-state index contributed by atoms with van der Waals surface area (Å²) in [6.45, 7) is 4.57. The zero-order chi connectivity index (χ0) is 26.9. The first-order valence-electron chi connectivity index (χ1n) is 16.8. The molecule has 0 aromatic carbocycles. The van der Waals surface area contributed by atoms with Crippen LogP contribution in [0.2, 0.25) is 0 Å². The monoisotopic (exact) mass is 518 g/mol. The Morgan fingerprint density at radius 3 is 1.32 bits per heavy atom. The zero-order valence-corrected chi connectivity index (χ0v) is 25.5. The summed E-state index contributed by atoms with van der Waals surface area (Å²) in [5.74, 6) is 1.39. The van der Waals surface area contributed by atoms with Crippen molar-refractivity contribution in [1.29, 1.82) is 0 Å². The highest BCUT2D eigenvalue weighted by Crippen LogP contribution is 2.22. The number of nitrogens with zero attached hydrogens (tertiary/aromatic N) is 2. The number of aliphatic imine (C=N–C) groups is 1. The van der Waals surface area contributed by atoms with Gasteiger partial charge in [-0.1, -0.05) is 162 Å². The lowest BCUT2D eigenvalue weighted by Crippen LogP contribution is -2.47. The van der Waals surface area contributed by atoms with Crippen molar-refractivity contribution in [3.8, 4) is 0 Å². The van der Waals surface area contributed by atoms with Crippen molar-refractivity contribution in [2.45, 2.75) is 187 Å². The molecule has 0 aromatic rings. The van der Waals surface area contributed by atoms with Crippen LogP contribution in [0, 0.1) is 0 Å². The minimum Gasteiger partial charge on any atom is -0.230 e. The van der Waals surface area contributed by atoms with Crippen molar-refractivity contribution in [3.05, 3.63) is 12.4 Å². The molecule has 0 spiro atoms. The summed E-state index contributed by atoms with van der Waals surface area (Å²) < 4.78 is 0.329. The maximum Gasteiger partial charge on any atom is 0.324 e. The van der Waals surface area contributed by atoms with Gasteiger partial charge in [0, 0.05) is 6.42 Å². The fourth-order valence-electron chi connectivity index (χ4n) is 5.63. The molecule has 37 heavy (non-hydrogen) atoms. The molecule has 0 saturated heterocycles. The molecular formula is C34H65N2O+. The topological polar surface area (TPSA) is 29.4 Å². The molecule has 0 bridgehead atoms. The molecule has 0 radical (unpaired) electrons. The number of carbonyl (C=O) groups is 1. The van der Waals surface area contributed by atoms with E-state index in [4.69, 9.17) is 0 Å². The van der Waals surface area contributed by atoms with E-state index in [0.717, 1.165) is 25.1 Å². The van der Waals surface area contributed by atoms with Crippen molar-refractivity contribution in [3.63, 3.8) is 0 Å². The fourth-order valence-corrected chi connectivity index (χ4v) is 5.63. The highest BCUT2D eigenvalue weighted by Gasteiger charge is 2.37. The number of amidine groups is 1. The van der Waals surface area contributed by atoms with Crippen LogP contribution in [0.1, 0.15) is 187 Å². The van der Waals surface area contributed by atoms with Gasteiger partial charge in [-0.2, -0.15) is 4.48 Å². The lowest BCUT2D eigenvalue weighted by Gasteiger charge is -2.25. The number of hydrogen-bond donors (Lipinski definition) is 0. The van der Waals surface area contributed by atoms with E-state index in [1.807, 2.05) is 19.4 Å². The second-order valence-corrected chi connectivity index (χ2v) is 11.9. The van der Waals surface area contributed by atoms with E-state index >= 15 is 0 Å². The number of quaternary nitrogens is 1. The Bertz CT molecular complexity index is 597. The minimum atomic E-state index is 0.327. The highest BCUT2D eigenvalue weighted by atomic mass is 16.2. The Morgan fingerprint density at radius 2 is 0.919 bits per heavy atom. The van der Waals surface area contributed by atoms with E-state index in [1.54, 1.807) is 0 Å². The second-order valence-electron chi connectivity index (χ2n) is 11.9. The number of unbranched alkanes of at least 4 members (excludes halogenated alkanes) is 23. The molecule has 0 saturated carbocycles. The third kappa shape index (κ3) is 17.3. The third-order valence-electron chi connectivity index (χ3n) is 8.39. The smallest absolute Gasteiger partial charge is 0.230 e. The van der Waals surface area contributed by atoms with Crippen molar-refractivity contribution < 1.29 is 9.28 Å². The summed E-state index contributed by atoms with van der Waals surface area (Å²) >= 11 is 0. The lowest BCUT2D eigenvalue weighted by atomic mass is 10.0. The van der Waals surface area contributed by atoms with Gasteiger partial charge in [-0.25, -0.2) is 9.79 Å². The normalized spacial score (nSPS) is 17.0. The van der Waals surface area contributed by atoms with Crippen LogP contribution in [0.4, 0.5) is 0 Å². The maximum atomic E-state index is 13.0. The molecule has 1 aliphatic rings. The largest absolute Gasteiger partial charge is 0.324 e. The Morgan fingerprint density at radius 1 is 0.568 bits per heavy atom. The first kappa shape index (κ1) is 34.1. The first-order chi connectivity index (χ1) is 18.1. The van der Waals surface area contributed by atoms with E-state index in [9.17, 15) is 4.79 Å². The predicted molar refractivity (Wildman–Crippen MR) is 164 cm³/mol. The van der Waals surface area contributed by atoms with Gasteiger partial charge in [-0.05, 0) is 12.8 Å². The van der Waals surface area contributed by atoms with E-state index in [-0.39, 0.29) is 0 Å². The van der Waals surface area contributed by atoms with Crippen LogP contribution in [0.5, 0.6) is 0 Å². The Balaban J connectivity index is 1.99. The summed E-state index contributed by atoms with van der Waals surface area (Å²) in [4.78, 5) is 17.6. The second kappa shape index (κ2) is 24.1. The van der Waals surface area contributed by atoms with E-state index in [0.29, 0.717) is 16.8 Å². The van der Waals surface area contributed by atoms with E-state index in [2.05, 4.69) is 18.8 Å². The molecule has 0 aliphatic carbocycles. The molecule has 216 valence electrons. The van der Waals surface area contributed by atoms with Crippen molar-refractivity contribution in [1.82, 2.24) is 0 Å². The summed E-state index contributed by atoms with van der Waals surface area (Å²) in [6, 6.07) is 0. The van der Waals surface area contributed by atoms with Crippen molar-refractivity contribution in [2.24, 2.45) is 4.99 Å². The van der Waals surface area contributed by atoms with Gasteiger partial charge in [0.2, 0.25) is 5.84 Å². The molecule has 0 N–H and O–H groups in total. The van der Waals surface area contributed by atoms with Gasteiger partial charge in [-0.15, -0.1) is 0 Å². The van der Waals surface area contributed by atoms with Gasteiger partial charge in [0.05, 0.1) is 19.7 Å². The average molecular weight is 518 g/mol. The van der Waals surface area contributed by atoms with Crippen LogP contribution < -0.4 is 0 Å². The lowest BCUT2D eigenvalue weighted by molar-refractivity contribution is -0.683. The number of rotatable bonds is 27. The van der Waals surface area contributed by atoms with Gasteiger partial charge in [0.15, 0.2) is 0 Å². The first-order valence-corrected chi connectivity index (χ1v) is 16.8. The van der Waals surface area contributed by atoms with Gasteiger partial charge < -0.3 is 0 Å². The summed E-state index contributed by atoms with van der Waals surface area (Å²) in [6.07, 6.45) is 39.4. The molecule has 1 rings (SSSR count). The van der Waals surface area contributed by atoms with Crippen LogP contribution in [-0.2, 0) is 4.79 Å². The molecular weight excluding hydrogens is 452 g/mol.